The van der Waals surface area contributed by atoms with Gasteiger partial charge in [-0.15, -0.1) is 0 Å². The van der Waals surface area contributed by atoms with Crippen LogP contribution >= 0.6 is 0 Å². The van der Waals surface area contributed by atoms with Crippen LogP contribution in [0.3, 0.4) is 0 Å². The smallest absolute Gasteiger partial charge is 0.297 e. The second-order valence-electron chi connectivity index (χ2n) is 11.1. The molecule has 0 unspecified atom stereocenters. The number of nitro benzene ring substituents is 1. The Morgan fingerprint density at radius 3 is 2.46 bits per heavy atom. The van der Waals surface area contributed by atoms with Gasteiger partial charge in [0.05, 0.1) is 30.4 Å². The number of benzene rings is 2. The third kappa shape index (κ3) is 4.66. The molecule has 0 aliphatic carbocycles. The average molecular weight is 580 g/mol. The summed E-state index contributed by atoms with van der Waals surface area (Å²) in [7, 11) is -1.46. The molecule has 1 spiro atoms. The number of rotatable bonds is 8. The number of hydrogen-bond acceptors (Lipinski definition) is 8. The van der Waals surface area contributed by atoms with E-state index in [1.54, 1.807) is 54.5 Å². The van der Waals surface area contributed by atoms with E-state index in [-0.39, 0.29) is 48.0 Å². The van der Waals surface area contributed by atoms with E-state index in [0.717, 1.165) is 5.56 Å². The number of aromatic nitrogens is 1. The second kappa shape index (κ2) is 10.5. The van der Waals surface area contributed by atoms with Crippen molar-refractivity contribution in [1.82, 2.24) is 4.57 Å². The number of fused-ring (bicyclic) bond motifs is 2. The molecule has 4 atom stereocenters. The van der Waals surface area contributed by atoms with E-state index in [0.29, 0.717) is 16.9 Å². The van der Waals surface area contributed by atoms with Gasteiger partial charge in [-0.05, 0) is 55.4 Å². The van der Waals surface area contributed by atoms with E-state index in [4.69, 9.17) is 9.47 Å². The van der Waals surface area contributed by atoms with Crippen LogP contribution in [0.2, 0.25) is 18.6 Å². The van der Waals surface area contributed by atoms with Crippen molar-refractivity contribution in [2.24, 2.45) is 5.92 Å². The fourth-order valence-corrected chi connectivity index (χ4v) is 9.11. The van der Waals surface area contributed by atoms with Crippen molar-refractivity contribution in [2.75, 3.05) is 18.6 Å². The molecule has 41 heavy (non-hydrogen) atoms. The number of carbonyl (C=O) groups is 1. The molecule has 2 aliphatic rings. The lowest BCUT2D eigenvalue weighted by molar-refractivity contribution is -0.385. The summed E-state index contributed by atoms with van der Waals surface area (Å²) in [6, 6.07) is 14.8. The molecule has 0 bridgehead atoms. The zero-order valence-corrected chi connectivity index (χ0v) is 24.3. The van der Waals surface area contributed by atoms with Crippen molar-refractivity contribution in [2.45, 2.75) is 50.2 Å². The van der Waals surface area contributed by atoms with Gasteiger partial charge in [0.2, 0.25) is 0 Å². The maximum Gasteiger partial charge on any atom is 0.297 e. The normalized spacial score (nSPS) is 23.7. The first kappa shape index (κ1) is 28.7. The zero-order valence-electron chi connectivity index (χ0n) is 23.3. The Bertz CT molecular complexity index is 1550. The molecular formula is C29H33N3O8Si. The molecule has 1 saturated heterocycles. The predicted octanol–water partition coefficient (Wildman–Crippen LogP) is 3.48. The zero-order chi connectivity index (χ0) is 29.7. The lowest BCUT2D eigenvalue weighted by atomic mass is 9.82. The Morgan fingerprint density at radius 1 is 1.15 bits per heavy atom. The minimum absolute atomic E-state index is 0.157. The molecular weight excluding hydrogens is 546 g/mol. The SMILES string of the molecule is COc1cccn(-c2ccc(CN3C(=O)[C@]4(O[C@H](CCO)[C@@H]([Si](C)(C)O)[C@@H]4C)c4cc([N+](=O)[O-])ccc43)cc2)c1=O. The van der Waals surface area contributed by atoms with Crippen LogP contribution < -0.4 is 15.2 Å². The van der Waals surface area contributed by atoms with Crippen molar-refractivity contribution in [3.8, 4) is 11.4 Å². The van der Waals surface area contributed by atoms with Gasteiger partial charge in [0, 0.05) is 47.6 Å². The van der Waals surface area contributed by atoms with Crippen LogP contribution in [0, 0.1) is 16.0 Å². The maximum atomic E-state index is 14.4. The highest BCUT2D eigenvalue weighted by Crippen LogP contribution is 2.60. The third-order valence-corrected chi connectivity index (χ3v) is 10.8. The quantitative estimate of drug-likeness (QED) is 0.235. The van der Waals surface area contributed by atoms with Crippen LogP contribution in [0.1, 0.15) is 24.5 Å². The number of non-ortho nitro benzene ring substituents is 1. The molecule has 3 aromatic rings. The van der Waals surface area contributed by atoms with E-state index in [1.807, 2.05) is 19.1 Å². The number of hydrogen-bond donors (Lipinski definition) is 2. The molecule has 2 aliphatic heterocycles. The number of anilines is 1. The minimum atomic E-state index is -2.89. The summed E-state index contributed by atoms with van der Waals surface area (Å²) in [5.41, 5.74) is -0.0955. The van der Waals surface area contributed by atoms with Gasteiger partial charge in [0.25, 0.3) is 17.2 Å². The molecule has 0 saturated carbocycles. The largest absolute Gasteiger partial charge is 0.491 e. The monoisotopic (exact) mass is 579 g/mol. The molecule has 5 rings (SSSR count). The summed E-state index contributed by atoms with van der Waals surface area (Å²) in [6.45, 7) is 5.38. The lowest BCUT2D eigenvalue weighted by Crippen LogP contribution is -2.46. The van der Waals surface area contributed by atoms with Gasteiger partial charge in [-0.2, -0.15) is 0 Å². The first-order valence-corrected chi connectivity index (χ1v) is 16.4. The van der Waals surface area contributed by atoms with Gasteiger partial charge < -0.3 is 24.3 Å². The number of aliphatic hydroxyl groups excluding tert-OH is 1. The molecule has 216 valence electrons. The number of aliphatic hydroxyl groups is 1. The highest BCUT2D eigenvalue weighted by atomic mass is 28.4. The molecule has 1 amide bonds. The molecule has 3 heterocycles. The van der Waals surface area contributed by atoms with Crippen LogP contribution in [0.5, 0.6) is 5.75 Å². The van der Waals surface area contributed by atoms with Gasteiger partial charge >= 0.3 is 0 Å². The molecule has 0 radical (unpaired) electrons. The number of methoxy groups -OCH3 is 1. The number of ether oxygens (including phenoxy) is 2. The summed E-state index contributed by atoms with van der Waals surface area (Å²) >= 11 is 0. The summed E-state index contributed by atoms with van der Waals surface area (Å²) in [4.78, 5) is 51.0. The van der Waals surface area contributed by atoms with Gasteiger partial charge in [0.1, 0.15) is 0 Å². The highest BCUT2D eigenvalue weighted by Gasteiger charge is 2.66. The van der Waals surface area contributed by atoms with Crippen molar-refractivity contribution >= 4 is 25.6 Å². The Hall–Kier alpha value is -3.84. The fraction of sp³-hybridized carbons (Fsp3) is 0.379. The summed E-state index contributed by atoms with van der Waals surface area (Å²) in [6.07, 6.45) is 1.29. The van der Waals surface area contributed by atoms with Gasteiger partial charge in [-0.25, -0.2) is 0 Å². The molecule has 12 heteroatoms. The molecule has 11 nitrogen and oxygen atoms in total. The van der Waals surface area contributed by atoms with Crippen LogP contribution in [0.4, 0.5) is 11.4 Å². The molecule has 1 aromatic heterocycles. The van der Waals surface area contributed by atoms with Crippen molar-refractivity contribution in [3.63, 3.8) is 0 Å². The van der Waals surface area contributed by atoms with E-state index < -0.39 is 30.9 Å². The number of carbonyl (C=O) groups excluding carboxylic acids is 1. The van der Waals surface area contributed by atoms with Crippen LogP contribution in [0.25, 0.3) is 5.69 Å². The van der Waals surface area contributed by atoms with Crippen molar-refractivity contribution < 1.29 is 29.1 Å². The van der Waals surface area contributed by atoms with E-state index >= 15 is 0 Å². The van der Waals surface area contributed by atoms with Gasteiger partial charge in [-0.1, -0.05) is 19.1 Å². The molecule has 2 N–H and O–H groups in total. The van der Waals surface area contributed by atoms with Gasteiger partial charge in [-0.3, -0.25) is 24.3 Å². The Morgan fingerprint density at radius 2 is 1.85 bits per heavy atom. The van der Waals surface area contributed by atoms with Crippen LogP contribution in [-0.4, -0.2) is 53.4 Å². The van der Waals surface area contributed by atoms with Crippen LogP contribution in [-0.2, 0) is 21.7 Å². The summed E-state index contributed by atoms with van der Waals surface area (Å²) in [5, 5.41) is 21.5. The van der Waals surface area contributed by atoms with Crippen LogP contribution in [0.15, 0.2) is 65.6 Å². The van der Waals surface area contributed by atoms with Crippen molar-refractivity contribution in [3.05, 3.63) is 92.4 Å². The third-order valence-electron chi connectivity index (χ3n) is 8.28. The lowest BCUT2D eigenvalue weighted by Gasteiger charge is -2.32. The standard InChI is InChI=1S/C29H33N3O8Si/c1-18-26(41(3,4)38)24(13-15-33)40-29(18)22-16-21(32(36)37)11-12-23(22)31(28(29)35)17-19-7-9-20(10-8-19)30-14-5-6-25(39-2)27(30)34/h5-12,14,16,18,24,26,33,38H,13,15,17H2,1-4H3/t18-,24+,26-,29+/m0/s1. The van der Waals surface area contributed by atoms with E-state index in [1.165, 1.54) is 23.8 Å². The molecule has 2 aromatic carbocycles. The number of pyridine rings is 1. The number of nitro groups is 1. The highest BCUT2D eigenvalue weighted by molar-refractivity contribution is 6.71. The summed E-state index contributed by atoms with van der Waals surface area (Å²) < 4.78 is 13.1. The minimum Gasteiger partial charge on any atom is -0.491 e. The van der Waals surface area contributed by atoms with Gasteiger partial charge in [0.15, 0.2) is 19.7 Å². The number of amides is 1. The fourth-order valence-electron chi connectivity index (χ4n) is 6.51. The number of nitrogens with zero attached hydrogens (tertiary/aromatic N) is 3. The maximum absolute atomic E-state index is 14.4. The Kier molecular flexibility index (Phi) is 7.36. The topological polar surface area (TPSA) is 144 Å². The Labute approximate surface area is 237 Å². The van der Waals surface area contributed by atoms with E-state index in [2.05, 4.69) is 0 Å². The van der Waals surface area contributed by atoms with Crippen molar-refractivity contribution in [1.29, 1.82) is 0 Å². The molecule has 1 fully saturated rings. The predicted molar refractivity (Wildman–Crippen MR) is 154 cm³/mol. The first-order chi connectivity index (χ1) is 19.4. The Balaban J connectivity index is 1.55. The summed E-state index contributed by atoms with van der Waals surface area (Å²) in [5.74, 6) is -0.642. The average Bonchev–Trinajstić information content (AvgIpc) is 3.36. The second-order valence-corrected chi connectivity index (χ2v) is 15.1. The van der Waals surface area contributed by atoms with E-state index in [9.17, 15) is 29.6 Å². The first-order valence-electron chi connectivity index (χ1n) is 13.4.